The molecule has 6 atom stereocenters. The van der Waals surface area contributed by atoms with Crippen molar-refractivity contribution in [1.29, 1.82) is 0 Å². The quantitative estimate of drug-likeness (QED) is 0.369. The van der Waals surface area contributed by atoms with Crippen molar-refractivity contribution in [2.45, 2.75) is 62.8 Å². The number of carbonyl (C=O) groups is 2. The summed E-state index contributed by atoms with van der Waals surface area (Å²) in [5.41, 5.74) is -2.21. The molecule has 0 radical (unpaired) electrons. The van der Waals surface area contributed by atoms with Crippen LogP contribution in [0.1, 0.15) is 60.1 Å². The van der Waals surface area contributed by atoms with Gasteiger partial charge in [-0.3, -0.25) is 4.79 Å². The van der Waals surface area contributed by atoms with Crippen LogP contribution in [-0.2, 0) is 17.4 Å². The van der Waals surface area contributed by atoms with Gasteiger partial charge < -0.3 is 25.0 Å². The molecule has 1 aromatic carbocycles. The highest BCUT2D eigenvalue weighted by Crippen LogP contribution is 2.83. The van der Waals surface area contributed by atoms with Crippen LogP contribution < -0.4 is 19.9 Å². The highest BCUT2D eigenvalue weighted by atomic mass is 19.4. The number of carboxylic acid groups (broad SMARTS) is 1. The molecule has 1 amide bonds. The van der Waals surface area contributed by atoms with Gasteiger partial charge in [-0.2, -0.15) is 13.2 Å². The SMILES string of the molecule is O=C(NC1(C(=O)O)C2CC3CC4CC1C34C2)c1cnc(N2CCc3cc(OC4CCN(c5ncccn5)CC4)ccc32)nc1C(F)(F)F. The van der Waals surface area contributed by atoms with Crippen LogP contribution >= 0.6 is 0 Å². The average molecular weight is 662 g/mol. The Morgan fingerprint density at radius 1 is 0.979 bits per heavy atom. The number of carboxylic acids is 1. The van der Waals surface area contributed by atoms with E-state index >= 15 is 0 Å². The molecule has 11 nitrogen and oxygen atoms in total. The molecule has 2 aromatic heterocycles. The smallest absolute Gasteiger partial charge is 0.434 e. The van der Waals surface area contributed by atoms with Gasteiger partial charge in [0.15, 0.2) is 5.69 Å². The Morgan fingerprint density at radius 2 is 1.73 bits per heavy atom. The number of alkyl halides is 3. The van der Waals surface area contributed by atoms with Crippen molar-refractivity contribution in [3.63, 3.8) is 0 Å². The largest absolute Gasteiger partial charge is 0.490 e. The Balaban J connectivity index is 0.922. The van der Waals surface area contributed by atoms with Gasteiger partial charge in [-0.15, -0.1) is 0 Å². The van der Waals surface area contributed by atoms with Crippen molar-refractivity contribution in [1.82, 2.24) is 25.3 Å². The van der Waals surface area contributed by atoms with Gasteiger partial charge in [-0.05, 0) is 91.0 Å². The molecule has 1 spiro atoms. The predicted molar refractivity (Wildman–Crippen MR) is 165 cm³/mol. The summed E-state index contributed by atoms with van der Waals surface area (Å²) in [6, 6.07) is 7.29. The summed E-state index contributed by atoms with van der Waals surface area (Å²) in [7, 11) is 0. The van der Waals surface area contributed by atoms with Crippen LogP contribution in [0.25, 0.3) is 0 Å². The van der Waals surface area contributed by atoms with Gasteiger partial charge in [-0.25, -0.2) is 24.7 Å². The third-order valence-electron chi connectivity index (χ3n) is 12.4. The van der Waals surface area contributed by atoms with Crippen LogP contribution in [0.15, 0.2) is 42.9 Å². The fourth-order valence-corrected chi connectivity index (χ4v) is 10.3. The molecule has 9 rings (SSSR count). The normalized spacial score (nSPS) is 31.5. The summed E-state index contributed by atoms with van der Waals surface area (Å²) >= 11 is 0. The van der Waals surface area contributed by atoms with E-state index in [0.717, 1.165) is 44.1 Å². The summed E-state index contributed by atoms with van der Waals surface area (Å²) < 4.78 is 49.7. The highest BCUT2D eigenvalue weighted by molar-refractivity contribution is 5.99. The molecule has 2 bridgehead atoms. The molecule has 5 fully saturated rings. The van der Waals surface area contributed by atoms with E-state index < -0.39 is 34.8 Å². The van der Waals surface area contributed by atoms with Gasteiger partial charge in [0.2, 0.25) is 11.9 Å². The van der Waals surface area contributed by atoms with Crippen molar-refractivity contribution < 1.29 is 32.6 Å². The first kappa shape index (κ1) is 29.6. The third kappa shape index (κ3) is 4.12. The van der Waals surface area contributed by atoms with E-state index in [1.807, 2.05) is 6.07 Å². The summed E-state index contributed by atoms with van der Waals surface area (Å²) in [6.07, 6.45) is 4.70. The van der Waals surface area contributed by atoms with E-state index in [9.17, 15) is 27.9 Å². The molecule has 14 heteroatoms. The topological polar surface area (TPSA) is 134 Å². The maximum absolute atomic E-state index is 14.5. The lowest BCUT2D eigenvalue weighted by Crippen LogP contribution is -2.73. The Labute approximate surface area is 273 Å². The Hall–Kier alpha value is -4.49. The van der Waals surface area contributed by atoms with Crippen LogP contribution in [0.2, 0.25) is 0 Å². The number of rotatable bonds is 7. The Bertz CT molecular complexity index is 1820. The number of ether oxygens (including phenoxy) is 1. The van der Waals surface area contributed by atoms with Gasteiger partial charge >= 0.3 is 12.1 Å². The van der Waals surface area contributed by atoms with Gasteiger partial charge in [0.1, 0.15) is 17.4 Å². The van der Waals surface area contributed by atoms with Crippen LogP contribution in [-0.4, -0.2) is 68.2 Å². The molecule has 250 valence electrons. The first-order valence-corrected chi connectivity index (χ1v) is 16.7. The molecular formula is C34H34F3N7O4. The lowest BCUT2D eigenvalue weighted by Gasteiger charge is -2.69. The van der Waals surface area contributed by atoms with Gasteiger partial charge in [0, 0.05) is 56.8 Å². The van der Waals surface area contributed by atoms with E-state index in [-0.39, 0.29) is 29.3 Å². The van der Waals surface area contributed by atoms with Gasteiger partial charge in [-0.1, -0.05) is 0 Å². The zero-order valence-corrected chi connectivity index (χ0v) is 26.0. The number of anilines is 3. The maximum Gasteiger partial charge on any atom is 0.434 e. The summed E-state index contributed by atoms with van der Waals surface area (Å²) in [5.74, 6) is -0.664. The van der Waals surface area contributed by atoms with Crippen molar-refractivity contribution >= 4 is 29.5 Å². The van der Waals surface area contributed by atoms with Crippen molar-refractivity contribution in [2.24, 2.45) is 29.1 Å². The summed E-state index contributed by atoms with van der Waals surface area (Å²) in [5, 5.41) is 13.0. The van der Waals surface area contributed by atoms with E-state index in [0.29, 0.717) is 61.4 Å². The number of hydrogen-bond donors (Lipinski definition) is 2. The second kappa shape index (κ2) is 10.3. The lowest BCUT2D eigenvalue weighted by molar-refractivity contribution is -0.209. The van der Waals surface area contributed by atoms with Crippen molar-refractivity contribution in [2.75, 3.05) is 29.4 Å². The number of fused-ring (bicyclic) bond motifs is 2. The van der Waals surface area contributed by atoms with Crippen molar-refractivity contribution in [3.05, 3.63) is 59.7 Å². The fourth-order valence-electron chi connectivity index (χ4n) is 10.3. The number of halogens is 3. The van der Waals surface area contributed by atoms with Gasteiger partial charge in [0.05, 0.1) is 5.56 Å². The third-order valence-corrected chi connectivity index (χ3v) is 12.4. The van der Waals surface area contributed by atoms with E-state index in [1.165, 1.54) is 0 Å². The van der Waals surface area contributed by atoms with Crippen LogP contribution in [0.3, 0.4) is 0 Å². The molecule has 48 heavy (non-hydrogen) atoms. The zero-order chi connectivity index (χ0) is 33.0. The Kier molecular flexibility index (Phi) is 6.33. The maximum atomic E-state index is 14.5. The van der Waals surface area contributed by atoms with E-state index in [4.69, 9.17) is 4.74 Å². The summed E-state index contributed by atoms with van der Waals surface area (Å²) in [6.45, 7) is 1.88. The monoisotopic (exact) mass is 661 g/mol. The van der Waals surface area contributed by atoms with Gasteiger partial charge in [0.25, 0.3) is 5.91 Å². The molecule has 2 aliphatic heterocycles. The minimum Gasteiger partial charge on any atom is -0.490 e. The molecule has 3 aromatic rings. The number of aromatic nitrogens is 4. The highest BCUT2D eigenvalue weighted by Gasteiger charge is 2.83. The fraction of sp³-hybridized carbons (Fsp3) is 0.529. The second-order valence-corrected chi connectivity index (χ2v) is 14.3. The first-order valence-electron chi connectivity index (χ1n) is 16.7. The molecule has 4 heterocycles. The van der Waals surface area contributed by atoms with Crippen LogP contribution in [0.5, 0.6) is 5.75 Å². The molecular weight excluding hydrogens is 627 g/mol. The molecule has 6 aliphatic rings. The molecule has 2 N–H and O–H groups in total. The number of aliphatic carboxylic acids is 1. The van der Waals surface area contributed by atoms with Crippen LogP contribution in [0.4, 0.5) is 30.8 Å². The summed E-state index contributed by atoms with van der Waals surface area (Å²) in [4.78, 5) is 46.7. The van der Waals surface area contributed by atoms with Crippen molar-refractivity contribution in [3.8, 4) is 5.75 Å². The number of carbonyl (C=O) groups excluding carboxylic acids is 1. The average Bonchev–Trinajstić information content (AvgIpc) is 3.73. The number of amides is 1. The molecule has 6 unspecified atom stereocenters. The molecule has 1 saturated heterocycles. The minimum atomic E-state index is -4.96. The number of hydrogen-bond acceptors (Lipinski definition) is 9. The zero-order valence-electron chi connectivity index (χ0n) is 26.0. The number of nitrogens with zero attached hydrogens (tertiary/aromatic N) is 6. The van der Waals surface area contributed by atoms with E-state index in [2.05, 4.69) is 30.2 Å². The lowest BCUT2D eigenvalue weighted by atomic mass is 9.36. The predicted octanol–water partition coefficient (Wildman–Crippen LogP) is 4.65. The Morgan fingerprint density at radius 3 is 2.44 bits per heavy atom. The molecule has 4 aliphatic carbocycles. The number of benzene rings is 1. The van der Waals surface area contributed by atoms with E-state index in [1.54, 1.807) is 35.5 Å². The first-order chi connectivity index (χ1) is 23.1. The minimum absolute atomic E-state index is 0.0112. The number of nitrogens with one attached hydrogen (secondary N) is 1. The molecule has 4 saturated carbocycles. The number of piperidine rings is 1. The second-order valence-electron chi connectivity index (χ2n) is 14.3. The van der Waals surface area contributed by atoms with Crippen LogP contribution in [0, 0.1) is 29.1 Å². The standard InChI is InChI=1S/C34H34F3N7O4/c35-34(36,37)27-24(28(45)42-33(29(46)47)21-14-19-13-20-15-26(33)32(19,20)16-21)17-40-31(41-27)44-11-4-18-12-23(2-3-25(18)44)48-22-5-9-43(10-6-22)30-38-7-1-8-39-30/h1-3,7-8,12,17,19-22,26H,4-6,9-11,13-16H2,(H,42,45)(H,46,47).